The van der Waals surface area contributed by atoms with Gasteiger partial charge in [-0.1, -0.05) is 60.7 Å². The van der Waals surface area contributed by atoms with Gasteiger partial charge in [0.1, 0.15) is 6.61 Å². The molecule has 0 atom stereocenters. The summed E-state index contributed by atoms with van der Waals surface area (Å²) in [6.45, 7) is 2.60. The van der Waals surface area contributed by atoms with Crippen LogP contribution < -0.4 is 0 Å². The zero-order valence-corrected chi connectivity index (χ0v) is 9.97. The van der Waals surface area contributed by atoms with Crippen LogP contribution in [0, 0.1) is 0 Å². The molecule has 0 aliphatic heterocycles. The predicted octanol–water partition coefficient (Wildman–Crippen LogP) is 4.26. The molecule has 86 valence electrons. The summed E-state index contributed by atoms with van der Waals surface area (Å²) >= 11 is 0. The van der Waals surface area contributed by atoms with E-state index in [1.807, 2.05) is 49.4 Å². The first-order chi connectivity index (χ1) is 8.34. The van der Waals surface area contributed by atoms with Crippen molar-refractivity contribution in [2.24, 2.45) is 0 Å². The lowest BCUT2D eigenvalue weighted by Gasteiger charge is -2.06. The minimum absolute atomic E-state index is 0.621. The summed E-state index contributed by atoms with van der Waals surface area (Å²) in [7, 11) is 0. The van der Waals surface area contributed by atoms with Crippen molar-refractivity contribution >= 4 is 6.08 Å². The van der Waals surface area contributed by atoms with Crippen LogP contribution in [0.4, 0.5) is 0 Å². The molecular weight excluding hydrogens is 208 g/mol. The molecule has 0 unspecified atom stereocenters. The fourth-order valence-electron chi connectivity index (χ4n) is 1.60. The van der Waals surface area contributed by atoms with Gasteiger partial charge in [-0.25, -0.2) is 0 Å². The monoisotopic (exact) mass is 224 g/mol. The number of hydrogen-bond acceptors (Lipinski definition) is 1. The second-order valence-corrected chi connectivity index (χ2v) is 3.94. The number of allylic oxidation sites excluding steroid dienone is 1. The molecule has 0 aliphatic rings. The molecule has 17 heavy (non-hydrogen) atoms. The minimum atomic E-state index is 0.621. The van der Waals surface area contributed by atoms with Crippen molar-refractivity contribution in [2.45, 2.75) is 13.5 Å². The van der Waals surface area contributed by atoms with E-state index in [4.69, 9.17) is 4.74 Å². The average molecular weight is 224 g/mol. The van der Waals surface area contributed by atoms with E-state index in [1.54, 1.807) is 0 Å². The highest BCUT2D eigenvalue weighted by Gasteiger charge is 1.94. The molecule has 2 aromatic rings. The fourth-order valence-corrected chi connectivity index (χ4v) is 1.60. The number of hydrogen-bond donors (Lipinski definition) is 0. The molecule has 0 fully saturated rings. The molecule has 0 heterocycles. The SMILES string of the molecule is CC(=Cc1ccccc1)OCc1ccccc1. The number of rotatable bonds is 4. The van der Waals surface area contributed by atoms with Gasteiger partial charge in [0.2, 0.25) is 0 Å². The Morgan fingerprint density at radius 1 is 0.941 bits per heavy atom. The molecule has 0 N–H and O–H groups in total. The Morgan fingerprint density at radius 2 is 1.53 bits per heavy atom. The van der Waals surface area contributed by atoms with Crippen LogP contribution in [0.25, 0.3) is 6.08 Å². The van der Waals surface area contributed by atoms with Gasteiger partial charge in [-0.15, -0.1) is 0 Å². The quantitative estimate of drug-likeness (QED) is 0.705. The van der Waals surface area contributed by atoms with Gasteiger partial charge < -0.3 is 4.74 Å². The lowest BCUT2D eigenvalue weighted by molar-refractivity contribution is 0.204. The van der Waals surface area contributed by atoms with Gasteiger partial charge >= 0.3 is 0 Å². The van der Waals surface area contributed by atoms with Crippen LogP contribution in [-0.4, -0.2) is 0 Å². The summed E-state index contributed by atoms with van der Waals surface area (Å²) in [5.41, 5.74) is 2.35. The van der Waals surface area contributed by atoms with Gasteiger partial charge in [-0.3, -0.25) is 0 Å². The van der Waals surface area contributed by atoms with E-state index in [0.29, 0.717) is 6.61 Å². The van der Waals surface area contributed by atoms with Gasteiger partial charge in [0.25, 0.3) is 0 Å². The third-order valence-corrected chi connectivity index (χ3v) is 2.48. The van der Waals surface area contributed by atoms with Crippen molar-refractivity contribution in [3.8, 4) is 0 Å². The maximum atomic E-state index is 5.69. The van der Waals surface area contributed by atoms with E-state index in [-0.39, 0.29) is 0 Å². The van der Waals surface area contributed by atoms with Crippen LogP contribution in [0.15, 0.2) is 66.4 Å². The normalized spacial score (nSPS) is 11.2. The van der Waals surface area contributed by atoms with Crippen molar-refractivity contribution in [1.82, 2.24) is 0 Å². The van der Waals surface area contributed by atoms with Gasteiger partial charge in [-0.2, -0.15) is 0 Å². The third kappa shape index (κ3) is 3.80. The smallest absolute Gasteiger partial charge is 0.113 e. The van der Waals surface area contributed by atoms with Crippen LogP contribution >= 0.6 is 0 Å². The van der Waals surface area contributed by atoms with Crippen molar-refractivity contribution in [2.75, 3.05) is 0 Å². The van der Waals surface area contributed by atoms with E-state index in [1.165, 1.54) is 5.56 Å². The fraction of sp³-hybridized carbons (Fsp3) is 0.125. The highest BCUT2D eigenvalue weighted by Crippen LogP contribution is 2.10. The Labute approximate surface area is 102 Å². The summed E-state index contributed by atoms with van der Waals surface area (Å²) in [5, 5.41) is 0. The topological polar surface area (TPSA) is 9.23 Å². The molecule has 0 saturated carbocycles. The summed E-state index contributed by atoms with van der Waals surface area (Å²) < 4.78 is 5.69. The molecule has 1 nitrogen and oxygen atoms in total. The number of benzene rings is 2. The summed E-state index contributed by atoms with van der Waals surface area (Å²) in [6, 6.07) is 20.4. The molecule has 0 radical (unpaired) electrons. The zero-order valence-electron chi connectivity index (χ0n) is 9.97. The van der Waals surface area contributed by atoms with Gasteiger partial charge in [-0.05, 0) is 24.1 Å². The Morgan fingerprint density at radius 3 is 2.18 bits per heavy atom. The van der Waals surface area contributed by atoms with E-state index >= 15 is 0 Å². The molecule has 0 aromatic heterocycles. The Balaban J connectivity index is 1.94. The summed E-state index contributed by atoms with van der Waals surface area (Å²) in [5.74, 6) is 0.931. The van der Waals surface area contributed by atoms with Crippen LogP contribution in [0.5, 0.6) is 0 Å². The first-order valence-electron chi connectivity index (χ1n) is 5.75. The van der Waals surface area contributed by atoms with Gasteiger partial charge in [0.05, 0.1) is 5.76 Å². The lowest BCUT2D eigenvalue weighted by Crippen LogP contribution is -1.90. The van der Waals surface area contributed by atoms with Crippen LogP contribution in [0.1, 0.15) is 18.1 Å². The van der Waals surface area contributed by atoms with Crippen molar-refractivity contribution in [1.29, 1.82) is 0 Å². The van der Waals surface area contributed by atoms with E-state index < -0.39 is 0 Å². The first-order valence-corrected chi connectivity index (χ1v) is 5.75. The maximum absolute atomic E-state index is 5.69. The molecule has 0 amide bonds. The first kappa shape index (κ1) is 11.5. The number of ether oxygens (including phenoxy) is 1. The van der Waals surface area contributed by atoms with Crippen LogP contribution in [0.3, 0.4) is 0 Å². The van der Waals surface area contributed by atoms with Crippen molar-refractivity contribution < 1.29 is 4.74 Å². The highest BCUT2D eigenvalue weighted by molar-refractivity contribution is 5.50. The molecule has 0 bridgehead atoms. The summed E-state index contributed by atoms with van der Waals surface area (Å²) in [6.07, 6.45) is 2.04. The second-order valence-electron chi connectivity index (χ2n) is 3.94. The third-order valence-electron chi connectivity index (χ3n) is 2.48. The second kappa shape index (κ2) is 5.90. The molecular formula is C16H16O. The molecule has 2 rings (SSSR count). The molecule has 1 heteroatoms. The largest absolute Gasteiger partial charge is 0.494 e. The van der Waals surface area contributed by atoms with Crippen LogP contribution in [-0.2, 0) is 11.3 Å². The van der Waals surface area contributed by atoms with E-state index in [0.717, 1.165) is 11.3 Å². The maximum Gasteiger partial charge on any atom is 0.113 e. The highest BCUT2D eigenvalue weighted by atomic mass is 16.5. The Hall–Kier alpha value is -2.02. The standard InChI is InChI=1S/C16H16O/c1-14(12-15-8-4-2-5-9-15)17-13-16-10-6-3-7-11-16/h2-12H,13H2,1H3. The van der Waals surface area contributed by atoms with Crippen LogP contribution in [0.2, 0.25) is 0 Å². The van der Waals surface area contributed by atoms with Crippen molar-refractivity contribution in [3.05, 3.63) is 77.5 Å². The van der Waals surface area contributed by atoms with Gasteiger partial charge in [0, 0.05) is 0 Å². The average Bonchev–Trinajstić information content (AvgIpc) is 2.39. The zero-order chi connectivity index (χ0) is 11.9. The predicted molar refractivity (Wildman–Crippen MR) is 71.3 cm³/mol. The molecule has 2 aromatic carbocycles. The Bertz CT molecular complexity index is 471. The van der Waals surface area contributed by atoms with E-state index in [2.05, 4.69) is 24.3 Å². The minimum Gasteiger partial charge on any atom is -0.494 e. The molecule has 0 saturated heterocycles. The molecule has 0 spiro atoms. The van der Waals surface area contributed by atoms with E-state index in [9.17, 15) is 0 Å². The molecule has 0 aliphatic carbocycles. The van der Waals surface area contributed by atoms with Gasteiger partial charge in [0.15, 0.2) is 0 Å². The van der Waals surface area contributed by atoms with Crippen molar-refractivity contribution in [3.63, 3.8) is 0 Å². The summed E-state index contributed by atoms with van der Waals surface area (Å²) in [4.78, 5) is 0. The Kier molecular flexibility index (Phi) is 3.98. The lowest BCUT2D eigenvalue weighted by atomic mass is 10.2.